The maximum Gasteiger partial charge on any atom is 0.243 e. The van der Waals surface area contributed by atoms with Gasteiger partial charge in [-0.2, -0.15) is 0 Å². The topological polar surface area (TPSA) is 40.6 Å². The van der Waals surface area contributed by atoms with Gasteiger partial charge in [-0.25, -0.2) is 4.39 Å². The van der Waals surface area contributed by atoms with Crippen molar-refractivity contribution in [2.24, 2.45) is 5.41 Å². The minimum atomic E-state index is -0.512. The van der Waals surface area contributed by atoms with Gasteiger partial charge in [-0.15, -0.1) is 11.3 Å². The minimum absolute atomic E-state index is 0.0277. The zero-order valence-corrected chi connectivity index (χ0v) is 18.0. The summed E-state index contributed by atoms with van der Waals surface area (Å²) >= 11 is 1.70. The number of benzene rings is 1. The van der Waals surface area contributed by atoms with Crippen LogP contribution in [-0.2, 0) is 16.0 Å². The molecule has 0 radical (unpaired) electrons. The van der Waals surface area contributed by atoms with Gasteiger partial charge in [-0.05, 0) is 54.0 Å². The second kappa shape index (κ2) is 7.56. The van der Waals surface area contributed by atoms with Crippen molar-refractivity contribution in [2.45, 2.75) is 52.1 Å². The molecule has 4 nitrogen and oxygen atoms in total. The van der Waals surface area contributed by atoms with Gasteiger partial charge in [-0.3, -0.25) is 9.59 Å². The summed E-state index contributed by atoms with van der Waals surface area (Å²) in [6.45, 7) is 6.41. The molecule has 0 saturated heterocycles. The first kappa shape index (κ1) is 20.1. The average Bonchev–Trinajstić information content (AvgIpc) is 3.40. The van der Waals surface area contributed by atoms with E-state index in [2.05, 4.69) is 11.4 Å². The summed E-state index contributed by atoms with van der Waals surface area (Å²) in [5.74, 6) is -0.302. The summed E-state index contributed by atoms with van der Waals surface area (Å²) in [5.41, 5.74) is 1.50. The summed E-state index contributed by atoms with van der Waals surface area (Å²) in [7, 11) is 0. The fraction of sp³-hybridized carbons (Fsp3) is 0.478. The van der Waals surface area contributed by atoms with Crippen LogP contribution in [0.25, 0.3) is 0 Å². The van der Waals surface area contributed by atoms with Crippen molar-refractivity contribution < 1.29 is 14.0 Å². The van der Waals surface area contributed by atoms with E-state index in [1.54, 1.807) is 28.4 Å². The number of fused-ring (bicyclic) bond motifs is 1. The zero-order chi connectivity index (χ0) is 20.8. The highest BCUT2D eigenvalue weighted by Gasteiger charge is 2.40. The van der Waals surface area contributed by atoms with E-state index in [0.717, 1.165) is 30.4 Å². The van der Waals surface area contributed by atoms with Gasteiger partial charge in [0.25, 0.3) is 0 Å². The molecule has 1 aromatic heterocycles. The van der Waals surface area contributed by atoms with Crippen LogP contribution in [-0.4, -0.2) is 40.7 Å². The molecule has 1 atom stereocenters. The first-order chi connectivity index (χ1) is 13.8. The van der Waals surface area contributed by atoms with Gasteiger partial charge >= 0.3 is 0 Å². The molecule has 2 heterocycles. The molecule has 1 aromatic carbocycles. The Bertz CT molecular complexity index is 912. The number of nitrogens with zero attached hydrogens (tertiary/aromatic N) is 2. The highest BCUT2D eigenvalue weighted by molar-refractivity contribution is 7.10. The number of hydrogen-bond donors (Lipinski definition) is 0. The fourth-order valence-electron chi connectivity index (χ4n) is 4.01. The lowest BCUT2D eigenvalue weighted by Crippen LogP contribution is -2.49. The van der Waals surface area contributed by atoms with Gasteiger partial charge in [-0.1, -0.05) is 32.9 Å². The van der Waals surface area contributed by atoms with Crippen molar-refractivity contribution in [3.63, 3.8) is 0 Å². The molecular formula is C23H27FN2O2S. The minimum Gasteiger partial charge on any atom is -0.330 e. The summed E-state index contributed by atoms with van der Waals surface area (Å²) in [5, 5.41) is 2.05. The molecule has 29 heavy (non-hydrogen) atoms. The average molecular weight is 415 g/mol. The first-order valence-electron chi connectivity index (χ1n) is 10.2. The Morgan fingerprint density at radius 1 is 1.17 bits per heavy atom. The van der Waals surface area contributed by atoms with Gasteiger partial charge in [0.2, 0.25) is 11.8 Å². The SMILES string of the molecule is CC(C)(C)C(=O)N(CC(=O)N1CCc2sccc2[C@@H]1c1ccc(F)cc1)C1CC1. The zero-order valence-electron chi connectivity index (χ0n) is 17.2. The lowest BCUT2D eigenvalue weighted by Gasteiger charge is -2.38. The Morgan fingerprint density at radius 2 is 1.86 bits per heavy atom. The number of halogens is 1. The van der Waals surface area contributed by atoms with Crippen LogP contribution in [0.2, 0.25) is 0 Å². The molecule has 1 aliphatic heterocycles. The quantitative estimate of drug-likeness (QED) is 0.744. The highest BCUT2D eigenvalue weighted by Crippen LogP contribution is 2.38. The van der Waals surface area contributed by atoms with Crippen LogP contribution < -0.4 is 0 Å². The van der Waals surface area contributed by atoms with E-state index in [9.17, 15) is 14.0 Å². The van der Waals surface area contributed by atoms with E-state index in [-0.39, 0.29) is 36.3 Å². The van der Waals surface area contributed by atoms with Gasteiger partial charge in [0, 0.05) is 22.9 Å². The number of amides is 2. The molecular weight excluding hydrogens is 387 g/mol. The van der Waals surface area contributed by atoms with Crippen LogP contribution in [0.3, 0.4) is 0 Å². The van der Waals surface area contributed by atoms with Crippen LogP contribution in [0.4, 0.5) is 4.39 Å². The van der Waals surface area contributed by atoms with Gasteiger partial charge in [0.05, 0.1) is 6.04 Å². The molecule has 2 aromatic rings. The Labute approximate surface area is 175 Å². The maximum atomic E-state index is 13.5. The Balaban J connectivity index is 1.62. The van der Waals surface area contributed by atoms with Gasteiger partial charge in [0.1, 0.15) is 12.4 Å². The second-order valence-corrected chi connectivity index (χ2v) is 10.0. The van der Waals surface area contributed by atoms with Crippen LogP contribution in [0.15, 0.2) is 35.7 Å². The number of rotatable bonds is 4. The third kappa shape index (κ3) is 4.08. The van der Waals surface area contributed by atoms with E-state index in [1.807, 2.05) is 25.7 Å². The molecule has 2 aliphatic rings. The largest absolute Gasteiger partial charge is 0.330 e. The van der Waals surface area contributed by atoms with E-state index in [4.69, 9.17) is 0 Å². The van der Waals surface area contributed by atoms with E-state index >= 15 is 0 Å². The highest BCUT2D eigenvalue weighted by atomic mass is 32.1. The van der Waals surface area contributed by atoms with Gasteiger partial charge in [0.15, 0.2) is 0 Å². The number of carbonyl (C=O) groups excluding carboxylic acids is 2. The van der Waals surface area contributed by atoms with E-state index < -0.39 is 5.41 Å². The molecule has 2 amide bonds. The molecule has 1 saturated carbocycles. The van der Waals surface area contributed by atoms with Crippen molar-refractivity contribution in [1.82, 2.24) is 9.80 Å². The summed E-state index contributed by atoms with van der Waals surface area (Å²) in [4.78, 5) is 31.3. The molecule has 0 unspecified atom stereocenters. The molecule has 0 spiro atoms. The van der Waals surface area contributed by atoms with Crippen molar-refractivity contribution in [3.8, 4) is 0 Å². The van der Waals surface area contributed by atoms with Crippen LogP contribution >= 0.6 is 11.3 Å². The monoisotopic (exact) mass is 414 g/mol. The van der Waals surface area contributed by atoms with Crippen molar-refractivity contribution in [1.29, 1.82) is 0 Å². The molecule has 1 aliphatic carbocycles. The van der Waals surface area contributed by atoms with Crippen molar-refractivity contribution in [2.75, 3.05) is 13.1 Å². The summed E-state index contributed by atoms with van der Waals surface area (Å²) in [6.07, 6.45) is 2.74. The normalized spacial score (nSPS) is 19.0. The predicted molar refractivity (Wildman–Crippen MR) is 112 cm³/mol. The Morgan fingerprint density at radius 3 is 2.48 bits per heavy atom. The van der Waals surface area contributed by atoms with Gasteiger partial charge < -0.3 is 9.80 Å². The van der Waals surface area contributed by atoms with Crippen LogP contribution in [0.5, 0.6) is 0 Å². The van der Waals surface area contributed by atoms with Crippen molar-refractivity contribution >= 4 is 23.2 Å². The number of thiophene rings is 1. The van der Waals surface area contributed by atoms with Crippen LogP contribution in [0.1, 0.15) is 55.7 Å². The third-order valence-corrected chi connectivity index (χ3v) is 6.66. The van der Waals surface area contributed by atoms with E-state index in [0.29, 0.717) is 6.54 Å². The third-order valence-electron chi connectivity index (χ3n) is 5.67. The maximum absolute atomic E-state index is 13.5. The number of hydrogen-bond acceptors (Lipinski definition) is 3. The molecule has 154 valence electrons. The Kier molecular flexibility index (Phi) is 5.23. The molecule has 6 heteroatoms. The lowest BCUT2D eigenvalue weighted by molar-refractivity contribution is -0.147. The first-order valence-corrected chi connectivity index (χ1v) is 11.1. The lowest BCUT2D eigenvalue weighted by atomic mass is 9.92. The van der Waals surface area contributed by atoms with Crippen molar-refractivity contribution in [3.05, 3.63) is 57.5 Å². The number of carbonyl (C=O) groups is 2. The second-order valence-electron chi connectivity index (χ2n) is 9.00. The predicted octanol–water partition coefficient (Wildman–Crippen LogP) is 4.40. The molecule has 0 N–H and O–H groups in total. The van der Waals surface area contributed by atoms with Crippen LogP contribution in [0, 0.1) is 11.2 Å². The van der Waals surface area contributed by atoms with E-state index in [1.165, 1.54) is 17.0 Å². The summed E-state index contributed by atoms with van der Waals surface area (Å²) < 4.78 is 13.5. The fourth-order valence-corrected chi connectivity index (χ4v) is 4.91. The molecule has 4 rings (SSSR count). The smallest absolute Gasteiger partial charge is 0.243 e. The standard InChI is InChI=1S/C23H27FN2O2S/c1-23(2,3)22(28)26(17-8-9-17)14-20(27)25-12-10-19-18(11-13-29-19)21(25)15-4-6-16(24)7-5-15/h4-7,11,13,17,21H,8-10,12,14H2,1-3H3/t21-/m0/s1. The Hall–Kier alpha value is -2.21. The molecule has 0 bridgehead atoms. The summed E-state index contributed by atoms with van der Waals surface area (Å²) in [6, 6.07) is 8.40. The molecule has 1 fully saturated rings.